The Bertz CT molecular complexity index is 721. The molecule has 1 fully saturated rings. The van der Waals surface area contributed by atoms with Gasteiger partial charge >= 0.3 is 0 Å². The second-order valence-corrected chi connectivity index (χ2v) is 9.50. The van der Waals surface area contributed by atoms with Crippen LogP contribution < -0.4 is 4.72 Å². The Morgan fingerprint density at radius 2 is 1.74 bits per heavy atom. The molecule has 1 aliphatic rings. The highest BCUT2D eigenvalue weighted by Crippen LogP contribution is 2.18. The molecular formula is C14H22N2O5S2. The first kappa shape index (κ1) is 18.3. The minimum Gasteiger partial charge on any atom is -0.378 e. The first-order valence-corrected chi connectivity index (χ1v) is 10.3. The van der Waals surface area contributed by atoms with Gasteiger partial charge in [-0.2, -0.15) is 0 Å². The number of rotatable bonds is 7. The molecule has 23 heavy (non-hydrogen) atoms. The molecule has 0 unspecified atom stereocenters. The van der Waals surface area contributed by atoms with E-state index in [-0.39, 0.29) is 15.9 Å². The van der Waals surface area contributed by atoms with Crippen LogP contribution in [-0.2, 0) is 24.8 Å². The largest absolute Gasteiger partial charge is 0.378 e. The maximum atomic E-state index is 12.2. The maximum Gasteiger partial charge on any atom is 0.242 e. The normalized spacial score (nSPS) is 19.3. The molecule has 0 amide bonds. The van der Waals surface area contributed by atoms with Gasteiger partial charge in [0, 0.05) is 27.2 Å². The molecular weight excluding hydrogens is 340 g/mol. The average molecular weight is 362 g/mol. The lowest BCUT2D eigenvalue weighted by molar-refractivity contribution is 0.105. The van der Waals surface area contributed by atoms with Crippen LogP contribution in [0.4, 0.5) is 0 Å². The molecule has 0 aromatic heterocycles. The summed E-state index contributed by atoms with van der Waals surface area (Å²) < 4.78 is 57.3. The fourth-order valence-corrected chi connectivity index (χ4v) is 4.26. The molecule has 2 rings (SSSR count). The third-order valence-electron chi connectivity index (χ3n) is 3.69. The fourth-order valence-electron chi connectivity index (χ4n) is 2.31. The van der Waals surface area contributed by atoms with E-state index in [1.54, 1.807) is 0 Å². The molecule has 0 saturated carbocycles. The van der Waals surface area contributed by atoms with Gasteiger partial charge in [-0.15, -0.1) is 0 Å². The second-order valence-electron chi connectivity index (χ2n) is 5.58. The Morgan fingerprint density at radius 3 is 2.26 bits per heavy atom. The molecule has 130 valence electrons. The highest BCUT2D eigenvalue weighted by molar-refractivity contribution is 7.89. The molecule has 7 nitrogen and oxygen atoms in total. The molecule has 1 N–H and O–H groups in total. The van der Waals surface area contributed by atoms with Gasteiger partial charge in [0.05, 0.1) is 15.9 Å². The van der Waals surface area contributed by atoms with Crippen molar-refractivity contribution in [3.05, 3.63) is 24.3 Å². The van der Waals surface area contributed by atoms with Crippen LogP contribution in [0.5, 0.6) is 0 Å². The van der Waals surface area contributed by atoms with Crippen molar-refractivity contribution in [2.75, 3.05) is 27.2 Å². The van der Waals surface area contributed by atoms with E-state index in [9.17, 15) is 16.8 Å². The monoisotopic (exact) mass is 362 g/mol. The highest BCUT2D eigenvalue weighted by atomic mass is 32.2. The van der Waals surface area contributed by atoms with Gasteiger partial charge < -0.3 is 4.74 Å². The minimum atomic E-state index is -3.65. The van der Waals surface area contributed by atoms with Crippen LogP contribution >= 0.6 is 0 Å². The summed E-state index contributed by atoms with van der Waals surface area (Å²) in [6.45, 7) is 1.03. The molecule has 1 aliphatic heterocycles. The van der Waals surface area contributed by atoms with E-state index < -0.39 is 20.0 Å². The van der Waals surface area contributed by atoms with Crippen LogP contribution in [0, 0.1) is 0 Å². The van der Waals surface area contributed by atoms with Crippen molar-refractivity contribution in [1.29, 1.82) is 0 Å². The topological polar surface area (TPSA) is 92.8 Å². The van der Waals surface area contributed by atoms with Gasteiger partial charge in [-0.1, -0.05) is 0 Å². The fraction of sp³-hybridized carbons (Fsp3) is 0.571. The summed E-state index contributed by atoms with van der Waals surface area (Å²) in [7, 11) is -4.37. The summed E-state index contributed by atoms with van der Waals surface area (Å²) in [6, 6.07) is 5.18. The van der Waals surface area contributed by atoms with Gasteiger partial charge in [0.25, 0.3) is 0 Å². The van der Waals surface area contributed by atoms with Crippen molar-refractivity contribution in [3.63, 3.8) is 0 Å². The molecule has 0 bridgehead atoms. The van der Waals surface area contributed by atoms with Crippen LogP contribution in [0.1, 0.15) is 19.3 Å². The number of hydrogen-bond acceptors (Lipinski definition) is 5. The Hall–Kier alpha value is -1.00. The Balaban J connectivity index is 2.02. The van der Waals surface area contributed by atoms with E-state index in [2.05, 4.69) is 4.72 Å². The standard InChI is InChI=1S/C14H22N2O5S2/c1-16(2)23(19,20)14-7-5-13(6-8-14)22(17,18)15-10-9-12-4-3-11-21-12/h5-8,12,15H,3-4,9-11H2,1-2H3/t12-/m1/s1. The Labute approximate surface area is 137 Å². The number of ether oxygens (including phenoxy) is 1. The number of nitrogens with one attached hydrogen (secondary N) is 1. The third-order valence-corrected chi connectivity index (χ3v) is 7.00. The first-order valence-electron chi connectivity index (χ1n) is 7.37. The van der Waals surface area contributed by atoms with Crippen LogP contribution in [0.15, 0.2) is 34.1 Å². The molecule has 1 saturated heterocycles. The predicted molar refractivity (Wildman–Crippen MR) is 86.1 cm³/mol. The molecule has 0 aliphatic carbocycles. The van der Waals surface area contributed by atoms with Crippen molar-refractivity contribution in [2.24, 2.45) is 0 Å². The van der Waals surface area contributed by atoms with Crippen molar-refractivity contribution in [1.82, 2.24) is 9.03 Å². The summed E-state index contributed by atoms with van der Waals surface area (Å²) in [5, 5.41) is 0. The number of hydrogen-bond donors (Lipinski definition) is 1. The SMILES string of the molecule is CN(C)S(=O)(=O)c1ccc(S(=O)(=O)NCC[C@H]2CCCO2)cc1. The summed E-state index contributed by atoms with van der Waals surface area (Å²) in [5.74, 6) is 0. The molecule has 0 radical (unpaired) electrons. The predicted octanol–water partition coefficient (Wildman–Crippen LogP) is 0.784. The third kappa shape index (κ3) is 4.51. The van der Waals surface area contributed by atoms with Crippen LogP contribution in [-0.4, -0.2) is 54.5 Å². The van der Waals surface area contributed by atoms with Gasteiger partial charge in [0.1, 0.15) is 0 Å². The van der Waals surface area contributed by atoms with E-state index in [1.165, 1.54) is 38.4 Å². The maximum absolute atomic E-state index is 12.2. The van der Waals surface area contributed by atoms with E-state index >= 15 is 0 Å². The lowest BCUT2D eigenvalue weighted by Crippen LogP contribution is -2.27. The van der Waals surface area contributed by atoms with Gasteiger partial charge in [0.15, 0.2) is 0 Å². The summed E-state index contributed by atoms with van der Waals surface area (Å²) in [4.78, 5) is 0.100. The molecule has 0 spiro atoms. The van der Waals surface area contributed by atoms with E-state index in [0.717, 1.165) is 23.8 Å². The molecule has 1 aromatic rings. The van der Waals surface area contributed by atoms with Crippen LogP contribution in [0.2, 0.25) is 0 Å². The second kappa shape index (κ2) is 7.27. The quantitative estimate of drug-likeness (QED) is 0.774. The number of nitrogens with zero attached hydrogens (tertiary/aromatic N) is 1. The highest BCUT2D eigenvalue weighted by Gasteiger charge is 2.20. The van der Waals surface area contributed by atoms with E-state index in [4.69, 9.17) is 4.74 Å². The minimum absolute atomic E-state index is 0.0440. The number of benzene rings is 1. The Kier molecular flexibility index (Phi) is 5.79. The van der Waals surface area contributed by atoms with Gasteiger partial charge in [-0.3, -0.25) is 0 Å². The molecule has 1 heterocycles. The van der Waals surface area contributed by atoms with Crippen molar-refractivity contribution < 1.29 is 21.6 Å². The summed E-state index contributed by atoms with van der Waals surface area (Å²) in [5.41, 5.74) is 0. The van der Waals surface area contributed by atoms with Crippen LogP contribution in [0.25, 0.3) is 0 Å². The zero-order valence-corrected chi connectivity index (χ0v) is 14.9. The van der Waals surface area contributed by atoms with Gasteiger partial charge in [-0.05, 0) is 43.5 Å². The first-order chi connectivity index (χ1) is 10.7. The lowest BCUT2D eigenvalue weighted by Gasteiger charge is -2.13. The zero-order chi connectivity index (χ0) is 17.1. The van der Waals surface area contributed by atoms with Crippen molar-refractivity contribution in [2.45, 2.75) is 35.2 Å². The summed E-state index contributed by atoms with van der Waals surface area (Å²) >= 11 is 0. The smallest absolute Gasteiger partial charge is 0.242 e. The Morgan fingerprint density at radius 1 is 1.13 bits per heavy atom. The van der Waals surface area contributed by atoms with Gasteiger partial charge in [-0.25, -0.2) is 25.9 Å². The zero-order valence-electron chi connectivity index (χ0n) is 13.2. The van der Waals surface area contributed by atoms with Gasteiger partial charge in [0.2, 0.25) is 20.0 Å². The summed E-state index contributed by atoms with van der Waals surface area (Å²) in [6.07, 6.45) is 2.72. The van der Waals surface area contributed by atoms with Crippen molar-refractivity contribution in [3.8, 4) is 0 Å². The number of sulfonamides is 2. The average Bonchev–Trinajstić information content (AvgIpc) is 3.00. The van der Waals surface area contributed by atoms with E-state index in [0.29, 0.717) is 13.0 Å². The lowest BCUT2D eigenvalue weighted by atomic mass is 10.2. The van der Waals surface area contributed by atoms with E-state index in [1.807, 2.05) is 0 Å². The molecule has 9 heteroatoms. The van der Waals surface area contributed by atoms with Crippen molar-refractivity contribution >= 4 is 20.0 Å². The molecule has 1 aromatic carbocycles. The van der Waals surface area contributed by atoms with Crippen LogP contribution in [0.3, 0.4) is 0 Å². The molecule has 1 atom stereocenters.